The monoisotopic (exact) mass is 243 g/mol. The molecule has 17 heavy (non-hydrogen) atoms. The van der Waals surface area contributed by atoms with Gasteiger partial charge in [0.05, 0.1) is 13.2 Å². The van der Waals surface area contributed by atoms with Gasteiger partial charge in [-0.1, -0.05) is 6.92 Å². The summed E-state index contributed by atoms with van der Waals surface area (Å²) in [7, 11) is 1.45. The van der Waals surface area contributed by atoms with Crippen molar-refractivity contribution in [1.82, 2.24) is 5.32 Å². The fraction of sp³-hybridized carbons (Fsp3) is 0.923. The number of methoxy groups -OCH3 is 1. The van der Waals surface area contributed by atoms with Crippen LogP contribution in [0.25, 0.3) is 0 Å². The first-order chi connectivity index (χ1) is 8.04. The average Bonchev–Trinajstić information content (AvgIpc) is 2.69. The first kappa shape index (κ1) is 14.5. The van der Waals surface area contributed by atoms with E-state index in [0.717, 1.165) is 32.3 Å². The van der Waals surface area contributed by atoms with Crippen molar-refractivity contribution in [3.8, 4) is 0 Å². The summed E-state index contributed by atoms with van der Waals surface area (Å²) in [5, 5.41) is 3.36. The Kier molecular flexibility index (Phi) is 5.40. The molecular weight excluding hydrogens is 218 g/mol. The molecule has 0 heterocycles. The second-order valence-corrected chi connectivity index (χ2v) is 5.11. The molecular formula is C13H25NO3. The van der Waals surface area contributed by atoms with Gasteiger partial charge in [-0.05, 0) is 33.1 Å². The summed E-state index contributed by atoms with van der Waals surface area (Å²) in [6, 6.07) is 0.263. The molecule has 1 aliphatic rings. The van der Waals surface area contributed by atoms with Gasteiger partial charge in [-0.2, -0.15) is 0 Å². The van der Waals surface area contributed by atoms with Crippen LogP contribution in [0.15, 0.2) is 0 Å². The van der Waals surface area contributed by atoms with Gasteiger partial charge in [-0.15, -0.1) is 0 Å². The molecule has 1 saturated carbocycles. The minimum Gasteiger partial charge on any atom is -0.468 e. The maximum Gasteiger partial charge on any atom is 0.326 e. The van der Waals surface area contributed by atoms with E-state index in [1.54, 1.807) is 0 Å². The Bertz CT molecular complexity index is 255. The molecule has 0 aromatic carbocycles. The van der Waals surface area contributed by atoms with Gasteiger partial charge in [-0.3, -0.25) is 10.1 Å². The molecule has 0 aromatic heterocycles. The number of carbonyl (C=O) groups is 1. The van der Waals surface area contributed by atoms with Crippen LogP contribution in [0, 0.1) is 0 Å². The molecule has 0 aliphatic heterocycles. The molecule has 2 unspecified atom stereocenters. The standard InChI is InChI=1S/C13H25NO3/c1-5-8-17-11-6-7-13(9-11,12(15)16-4)14-10(2)3/h10-11,14H,5-9H2,1-4H3. The van der Waals surface area contributed by atoms with E-state index in [4.69, 9.17) is 9.47 Å². The lowest BCUT2D eigenvalue weighted by Gasteiger charge is -2.30. The molecule has 1 aliphatic carbocycles. The molecule has 0 aromatic rings. The normalized spacial score (nSPS) is 28.6. The highest BCUT2D eigenvalue weighted by molar-refractivity contribution is 5.81. The zero-order chi connectivity index (χ0) is 12.9. The van der Waals surface area contributed by atoms with Crippen molar-refractivity contribution in [2.45, 2.75) is 64.1 Å². The van der Waals surface area contributed by atoms with Gasteiger partial charge in [0.25, 0.3) is 0 Å². The van der Waals surface area contributed by atoms with Crippen LogP contribution in [0.3, 0.4) is 0 Å². The van der Waals surface area contributed by atoms with Gasteiger partial charge >= 0.3 is 5.97 Å². The van der Waals surface area contributed by atoms with Crippen molar-refractivity contribution in [2.75, 3.05) is 13.7 Å². The minimum atomic E-state index is -0.540. The second kappa shape index (κ2) is 6.36. The number of nitrogens with one attached hydrogen (secondary N) is 1. The molecule has 1 N–H and O–H groups in total. The first-order valence-electron chi connectivity index (χ1n) is 6.51. The van der Waals surface area contributed by atoms with Gasteiger partial charge in [-0.25, -0.2) is 0 Å². The van der Waals surface area contributed by atoms with Crippen LogP contribution in [0.5, 0.6) is 0 Å². The molecule has 4 heteroatoms. The van der Waals surface area contributed by atoms with Gasteiger partial charge in [0.2, 0.25) is 0 Å². The summed E-state index contributed by atoms with van der Waals surface area (Å²) >= 11 is 0. The van der Waals surface area contributed by atoms with Crippen molar-refractivity contribution in [1.29, 1.82) is 0 Å². The molecule has 100 valence electrons. The predicted molar refractivity (Wildman–Crippen MR) is 66.9 cm³/mol. The van der Waals surface area contributed by atoms with E-state index in [-0.39, 0.29) is 18.1 Å². The van der Waals surface area contributed by atoms with Crippen molar-refractivity contribution in [2.24, 2.45) is 0 Å². The average molecular weight is 243 g/mol. The largest absolute Gasteiger partial charge is 0.468 e. The third-order valence-corrected chi connectivity index (χ3v) is 3.17. The quantitative estimate of drug-likeness (QED) is 0.724. The van der Waals surface area contributed by atoms with Gasteiger partial charge in [0.15, 0.2) is 0 Å². The highest BCUT2D eigenvalue weighted by Gasteiger charge is 2.46. The molecule has 0 amide bonds. The van der Waals surface area contributed by atoms with Gasteiger partial charge < -0.3 is 9.47 Å². The van der Waals surface area contributed by atoms with Crippen LogP contribution in [-0.2, 0) is 14.3 Å². The van der Waals surface area contributed by atoms with Crippen molar-refractivity contribution >= 4 is 5.97 Å². The smallest absolute Gasteiger partial charge is 0.326 e. The van der Waals surface area contributed by atoms with Crippen LogP contribution in [0.4, 0.5) is 0 Å². The maximum absolute atomic E-state index is 12.0. The number of carbonyl (C=O) groups excluding carboxylic acids is 1. The highest BCUT2D eigenvalue weighted by atomic mass is 16.5. The maximum atomic E-state index is 12.0. The van der Waals surface area contributed by atoms with Crippen molar-refractivity contribution < 1.29 is 14.3 Å². The number of hydrogen-bond acceptors (Lipinski definition) is 4. The van der Waals surface area contributed by atoms with Gasteiger partial charge in [0.1, 0.15) is 5.54 Å². The van der Waals surface area contributed by atoms with Crippen molar-refractivity contribution in [3.63, 3.8) is 0 Å². The Morgan fingerprint density at radius 2 is 2.24 bits per heavy atom. The summed E-state index contributed by atoms with van der Waals surface area (Å²) in [5.74, 6) is -0.159. The summed E-state index contributed by atoms with van der Waals surface area (Å²) in [6.07, 6.45) is 3.64. The zero-order valence-electron chi connectivity index (χ0n) is 11.4. The summed E-state index contributed by atoms with van der Waals surface area (Å²) < 4.78 is 10.7. The molecule has 0 spiro atoms. The third-order valence-electron chi connectivity index (χ3n) is 3.17. The molecule has 1 fully saturated rings. The van der Waals surface area contributed by atoms with E-state index >= 15 is 0 Å². The molecule has 4 nitrogen and oxygen atoms in total. The molecule has 1 rings (SSSR count). The summed E-state index contributed by atoms with van der Waals surface area (Å²) in [4.78, 5) is 12.0. The SMILES string of the molecule is CCCOC1CCC(NC(C)C)(C(=O)OC)C1. The first-order valence-corrected chi connectivity index (χ1v) is 6.51. The van der Waals surface area contributed by atoms with E-state index in [0.29, 0.717) is 0 Å². The fourth-order valence-corrected chi connectivity index (χ4v) is 2.55. The topological polar surface area (TPSA) is 47.6 Å². The third kappa shape index (κ3) is 3.68. The van der Waals surface area contributed by atoms with Crippen LogP contribution in [-0.4, -0.2) is 37.4 Å². The van der Waals surface area contributed by atoms with Crippen LogP contribution in [0.2, 0.25) is 0 Å². The van der Waals surface area contributed by atoms with Crippen LogP contribution in [0.1, 0.15) is 46.5 Å². The highest BCUT2D eigenvalue weighted by Crippen LogP contribution is 2.33. The van der Waals surface area contributed by atoms with E-state index in [9.17, 15) is 4.79 Å². The Hall–Kier alpha value is -0.610. The van der Waals surface area contributed by atoms with E-state index < -0.39 is 5.54 Å². The fourth-order valence-electron chi connectivity index (χ4n) is 2.55. The molecule has 0 radical (unpaired) electrons. The van der Waals surface area contributed by atoms with Crippen LogP contribution < -0.4 is 5.32 Å². The summed E-state index contributed by atoms with van der Waals surface area (Å²) in [6.45, 7) is 6.95. The van der Waals surface area contributed by atoms with E-state index in [2.05, 4.69) is 12.2 Å². The van der Waals surface area contributed by atoms with Crippen LogP contribution >= 0.6 is 0 Å². The molecule has 0 saturated heterocycles. The Morgan fingerprint density at radius 1 is 1.53 bits per heavy atom. The lowest BCUT2D eigenvalue weighted by molar-refractivity contribution is -0.149. The Labute approximate surface area is 104 Å². The van der Waals surface area contributed by atoms with Gasteiger partial charge in [0, 0.05) is 19.1 Å². The second-order valence-electron chi connectivity index (χ2n) is 5.11. The lowest BCUT2D eigenvalue weighted by atomic mass is 9.96. The summed E-state index contributed by atoms with van der Waals surface area (Å²) in [5.41, 5.74) is -0.540. The number of ether oxygens (including phenoxy) is 2. The van der Waals surface area contributed by atoms with Crippen molar-refractivity contribution in [3.05, 3.63) is 0 Å². The molecule has 2 atom stereocenters. The lowest BCUT2D eigenvalue weighted by Crippen LogP contribution is -2.53. The number of rotatable bonds is 6. The van der Waals surface area contributed by atoms with E-state index in [1.165, 1.54) is 7.11 Å². The molecule has 0 bridgehead atoms. The number of hydrogen-bond donors (Lipinski definition) is 1. The predicted octanol–water partition coefficient (Wildman–Crippen LogP) is 1.88. The Balaban J connectivity index is 2.64. The van der Waals surface area contributed by atoms with E-state index in [1.807, 2.05) is 13.8 Å². The Morgan fingerprint density at radius 3 is 2.76 bits per heavy atom. The number of esters is 1. The zero-order valence-corrected chi connectivity index (χ0v) is 11.4. The minimum absolute atomic E-state index is 0.159.